The van der Waals surface area contributed by atoms with Crippen LogP contribution in [0.15, 0.2) is 60.7 Å². The number of nitrogens with one attached hydrogen (secondary N) is 3. The maximum absolute atomic E-state index is 14.0. The lowest BCUT2D eigenvalue weighted by Gasteiger charge is -2.47. The summed E-state index contributed by atoms with van der Waals surface area (Å²) in [6.07, 6.45) is 0.329. The quantitative estimate of drug-likeness (QED) is 0.141. The van der Waals surface area contributed by atoms with Crippen LogP contribution in [0.4, 0.5) is 20.2 Å². The third-order valence-electron chi connectivity index (χ3n) is 7.21. The van der Waals surface area contributed by atoms with Gasteiger partial charge in [-0.3, -0.25) is 18.2 Å². The topological polar surface area (TPSA) is 126 Å². The summed E-state index contributed by atoms with van der Waals surface area (Å²) in [5.41, 5.74) is 2.55. The van der Waals surface area contributed by atoms with Gasteiger partial charge in [0.2, 0.25) is 0 Å². The van der Waals surface area contributed by atoms with Crippen LogP contribution in [0.5, 0.6) is 5.75 Å². The number of nitrogens with zero attached hydrogens (tertiary/aromatic N) is 1. The Morgan fingerprint density at radius 1 is 1.05 bits per heavy atom. The average Bonchev–Trinajstić information content (AvgIpc) is 2.96. The van der Waals surface area contributed by atoms with E-state index in [1.165, 1.54) is 12.1 Å². The predicted molar refractivity (Wildman–Crippen MR) is 174 cm³/mol. The number of carbonyl (C=O) groups is 1. The lowest BCUT2D eigenvalue weighted by atomic mass is 9.99. The molecule has 44 heavy (non-hydrogen) atoms. The van der Waals surface area contributed by atoms with Gasteiger partial charge in [-0.1, -0.05) is 12.1 Å². The molecule has 4 rings (SSSR count). The molecule has 6 N–H and O–H groups in total. The number of benzene rings is 3. The molecule has 242 valence electrons. The smallest absolute Gasteiger partial charge is 0.251 e. The fraction of sp³-hybridized carbons (Fsp3) is 0.387. The molecule has 0 aromatic heterocycles. The number of hydrogen-bond donors (Lipinski definition) is 6. The summed E-state index contributed by atoms with van der Waals surface area (Å²) in [5.74, 6) is -1.09. The molecule has 1 amide bonds. The van der Waals surface area contributed by atoms with Crippen LogP contribution < -0.4 is 25.0 Å². The summed E-state index contributed by atoms with van der Waals surface area (Å²) < 4.78 is 56.2. The average molecular weight is 655 g/mol. The number of hydrogen-bond acceptors (Lipinski definition) is 8. The highest BCUT2D eigenvalue weighted by atomic mass is 35.5. The molecule has 0 aliphatic carbocycles. The Morgan fingerprint density at radius 3 is 2.48 bits per heavy atom. The van der Waals surface area contributed by atoms with Crippen molar-refractivity contribution >= 4 is 40.5 Å². The summed E-state index contributed by atoms with van der Waals surface area (Å²) in [4.78, 5) is 13.6. The van der Waals surface area contributed by atoms with Crippen LogP contribution in [0, 0.1) is 11.6 Å². The summed E-state index contributed by atoms with van der Waals surface area (Å²) in [7, 11) is -1.45. The molecule has 1 aliphatic rings. The Hall–Kier alpha value is -3.13. The number of aliphatic hydroxyl groups excluding tert-OH is 1. The highest BCUT2D eigenvalue weighted by Crippen LogP contribution is 2.50. The van der Waals surface area contributed by atoms with Crippen molar-refractivity contribution in [3.8, 4) is 5.75 Å². The van der Waals surface area contributed by atoms with Crippen LogP contribution in [-0.4, -0.2) is 64.8 Å². The molecule has 3 aromatic rings. The molecule has 1 saturated heterocycles. The van der Waals surface area contributed by atoms with Crippen LogP contribution in [0.25, 0.3) is 0 Å². The molecule has 1 aliphatic heterocycles. The molecule has 0 bridgehead atoms. The van der Waals surface area contributed by atoms with Gasteiger partial charge >= 0.3 is 0 Å². The van der Waals surface area contributed by atoms with E-state index >= 15 is 0 Å². The minimum Gasteiger partial charge on any atom is -0.497 e. The maximum Gasteiger partial charge on any atom is 0.251 e. The van der Waals surface area contributed by atoms with E-state index < -0.39 is 40.5 Å². The van der Waals surface area contributed by atoms with Crippen LogP contribution in [0.1, 0.15) is 41.3 Å². The third-order valence-corrected chi connectivity index (χ3v) is 9.14. The number of aliphatic hydroxyl groups is 1. The van der Waals surface area contributed by atoms with Gasteiger partial charge in [0, 0.05) is 43.5 Å². The fourth-order valence-electron chi connectivity index (χ4n) is 5.10. The van der Waals surface area contributed by atoms with Crippen molar-refractivity contribution in [2.45, 2.75) is 44.9 Å². The second kappa shape index (κ2) is 16.3. The molecular formula is C31H41ClF2N4O5S. The summed E-state index contributed by atoms with van der Waals surface area (Å²) in [5, 5.41) is 20.4. The molecular weight excluding hydrogens is 614 g/mol. The van der Waals surface area contributed by atoms with E-state index in [1.54, 1.807) is 29.6 Å². The minimum atomic E-state index is -3.03. The van der Waals surface area contributed by atoms with Gasteiger partial charge in [-0.25, -0.2) is 8.78 Å². The van der Waals surface area contributed by atoms with Crippen molar-refractivity contribution in [1.82, 2.24) is 10.6 Å². The number of halogens is 3. The van der Waals surface area contributed by atoms with E-state index in [2.05, 4.69) is 16.0 Å². The van der Waals surface area contributed by atoms with Crippen molar-refractivity contribution in [2.24, 2.45) is 0 Å². The monoisotopic (exact) mass is 654 g/mol. The maximum atomic E-state index is 14.0. The van der Waals surface area contributed by atoms with Crippen LogP contribution in [-0.2, 0) is 13.0 Å². The van der Waals surface area contributed by atoms with Gasteiger partial charge in [0.15, 0.2) is 0 Å². The Labute approximate surface area is 264 Å². The number of ether oxygens (including phenoxy) is 1. The third kappa shape index (κ3) is 9.68. The predicted octanol–water partition coefficient (Wildman–Crippen LogP) is 5.58. The molecule has 0 unspecified atom stereocenters. The molecule has 2 atom stereocenters. The van der Waals surface area contributed by atoms with Crippen LogP contribution in [0.3, 0.4) is 0 Å². The van der Waals surface area contributed by atoms with E-state index in [0.717, 1.165) is 18.1 Å². The molecule has 0 radical (unpaired) electrons. The van der Waals surface area contributed by atoms with Crippen molar-refractivity contribution in [3.63, 3.8) is 0 Å². The lowest BCUT2D eigenvalue weighted by molar-refractivity contribution is 0.0830. The zero-order valence-corrected chi connectivity index (χ0v) is 26.4. The number of rotatable bonds is 13. The summed E-state index contributed by atoms with van der Waals surface area (Å²) in [6.45, 7) is 3.41. The Kier molecular flexibility index (Phi) is 13.1. The SMILES string of the molecule is CCNc1cc(C(=O)N[C@@H](Cc2cc(F)cc(F)c2)[C@H](O)CNCc2cccc(OC)c2)cc(N2CCCCS2(O)O)c1.Cl. The van der Waals surface area contributed by atoms with Gasteiger partial charge in [-0.2, -0.15) is 0 Å². The van der Waals surface area contributed by atoms with E-state index in [0.29, 0.717) is 43.2 Å². The van der Waals surface area contributed by atoms with Crippen molar-refractivity contribution in [1.29, 1.82) is 0 Å². The summed E-state index contributed by atoms with van der Waals surface area (Å²) >= 11 is 0. The molecule has 1 fully saturated rings. The van der Waals surface area contributed by atoms with E-state index in [-0.39, 0.29) is 42.3 Å². The zero-order chi connectivity index (χ0) is 31.0. The zero-order valence-electron chi connectivity index (χ0n) is 24.8. The van der Waals surface area contributed by atoms with E-state index in [4.69, 9.17) is 4.74 Å². The second-order valence-corrected chi connectivity index (χ2v) is 12.7. The normalized spacial score (nSPS) is 16.3. The second-order valence-electron chi connectivity index (χ2n) is 10.6. The first kappa shape index (κ1) is 35.4. The molecule has 1 heterocycles. The first-order valence-corrected chi connectivity index (χ1v) is 16.0. The molecule has 0 spiro atoms. The number of anilines is 2. The van der Waals surface area contributed by atoms with Crippen LogP contribution >= 0.6 is 23.2 Å². The molecule has 0 saturated carbocycles. The van der Waals surface area contributed by atoms with Gasteiger partial charge in [-0.15, -0.1) is 23.2 Å². The Bertz CT molecular complexity index is 1380. The number of amides is 1. The number of carbonyl (C=O) groups excluding carboxylic acids is 1. The van der Waals surface area contributed by atoms with Gasteiger partial charge in [0.1, 0.15) is 17.4 Å². The Balaban J connectivity index is 0.00000529. The largest absolute Gasteiger partial charge is 0.497 e. The molecule has 3 aromatic carbocycles. The van der Waals surface area contributed by atoms with Gasteiger partial charge in [0.25, 0.3) is 5.91 Å². The summed E-state index contributed by atoms with van der Waals surface area (Å²) in [6, 6.07) is 14.6. The van der Waals surface area contributed by atoms with Crippen molar-refractivity contribution in [3.05, 3.63) is 89.0 Å². The van der Waals surface area contributed by atoms with Crippen LogP contribution in [0.2, 0.25) is 0 Å². The standard InChI is InChI=1S/C31H40F2N4O5S.ClH/c1-3-35-26-15-23(16-27(18-26)37-9-4-5-10-43(37,40)41)31(39)36-29(14-22-11-24(32)17-25(33)12-22)30(38)20-34-19-21-7-6-8-28(13-21)42-2;/h6-8,11-13,15-18,29-30,34-35,38,40-41H,3-5,9-10,14,19-20H2,1-2H3,(H,36,39);1H/t29-,30+;/m0./s1. The van der Waals surface area contributed by atoms with E-state index in [9.17, 15) is 27.8 Å². The van der Waals surface area contributed by atoms with Gasteiger partial charge in [-0.05, 0) is 79.8 Å². The first-order valence-electron chi connectivity index (χ1n) is 14.3. The van der Waals surface area contributed by atoms with Crippen molar-refractivity contribution in [2.75, 3.05) is 42.1 Å². The molecule has 9 nitrogen and oxygen atoms in total. The molecule has 13 heteroatoms. The highest BCUT2D eigenvalue weighted by Gasteiger charge is 2.29. The number of methoxy groups -OCH3 is 1. The first-order chi connectivity index (χ1) is 20.6. The van der Waals surface area contributed by atoms with E-state index in [1.807, 2.05) is 31.2 Å². The van der Waals surface area contributed by atoms with Crippen molar-refractivity contribution < 1.29 is 32.5 Å². The minimum absolute atomic E-state index is 0. The Morgan fingerprint density at radius 2 is 1.80 bits per heavy atom. The highest BCUT2D eigenvalue weighted by molar-refractivity contribution is 8.25. The lowest BCUT2D eigenvalue weighted by Crippen LogP contribution is -2.48. The van der Waals surface area contributed by atoms with Gasteiger partial charge in [0.05, 0.1) is 30.7 Å². The van der Waals surface area contributed by atoms with Gasteiger partial charge < -0.3 is 25.8 Å². The fourth-order valence-corrected chi connectivity index (χ4v) is 6.78.